The van der Waals surface area contributed by atoms with E-state index in [4.69, 9.17) is 9.15 Å². The van der Waals surface area contributed by atoms with Crippen molar-refractivity contribution in [1.82, 2.24) is 15.2 Å². The predicted molar refractivity (Wildman–Crippen MR) is 81.9 cm³/mol. The summed E-state index contributed by atoms with van der Waals surface area (Å²) in [6, 6.07) is 0.275. The molecule has 0 aromatic carbocycles. The SMILES string of the molecule is CC(C)(C)OC(=O)NC1CC2CCC(C1)N2C(=O)c1ncco1. The summed E-state index contributed by atoms with van der Waals surface area (Å²) in [5.41, 5.74) is -0.509. The number of ether oxygens (including phenoxy) is 1. The summed E-state index contributed by atoms with van der Waals surface area (Å²) in [4.78, 5) is 30.2. The van der Waals surface area contributed by atoms with Gasteiger partial charge < -0.3 is 19.4 Å². The fraction of sp³-hybridized carbons (Fsp3) is 0.688. The van der Waals surface area contributed by atoms with E-state index in [1.807, 2.05) is 25.7 Å². The Morgan fingerprint density at radius 2 is 1.96 bits per heavy atom. The first kappa shape index (κ1) is 15.8. The van der Waals surface area contributed by atoms with Crippen LogP contribution in [-0.4, -0.2) is 45.6 Å². The molecule has 0 aliphatic carbocycles. The molecule has 2 bridgehead atoms. The van der Waals surface area contributed by atoms with Crippen molar-refractivity contribution >= 4 is 12.0 Å². The summed E-state index contributed by atoms with van der Waals surface area (Å²) in [6.45, 7) is 5.52. The average molecular weight is 321 g/mol. The number of aromatic nitrogens is 1. The molecule has 2 atom stereocenters. The van der Waals surface area contributed by atoms with E-state index in [0.29, 0.717) is 0 Å². The van der Waals surface area contributed by atoms with Gasteiger partial charge >= 0.3 is 12.0 Å². The lowest BCUT2D eigenvalue weighted by Crippen LogP contribution is -2.53. The molecule has 2 aliphatic heterocycles. The molecule has 2 fully saturated rings. The van der Waals surface area contributed by atoms with E-state index in [2.05, 4.69) is 10.3 Å². The Hall–Kier alpha value is -2.05. The van der Waals surface area contributed by atoms with Crippen LogP contribution in [0.1, 0.15) is 57.1 Å². The molecule has 126 valence electrons. The van der Waals surface area contributed by atoms with Crippen molar-refractivity contribution in [2.24, 2.45) is 0 Å². The molecule has 1 N–H and O–H groups in total. The maximum absolute atomic E-state index is 12.5. The molecule has 23 heavy (non-hydrogen) atoms. The zero-order chi connectivity index (χ0) is 16.6. The number of rotatable bonds is 2. The van der Waals surface area contributed by atoms with Crippen LogP contribution in [0.5, 0.6) is 0 Å². The molecule has 0 saturated carbocycles. The van der Waals surface area contributed by atoms with Gasteiger partial charge in [0.2, 0.25) is 0 Å². The second kappa shape index (κ2) is 5.86. The van der Waals surface area contributed by atoms with Crippen LogP contribution in [0, 0.1) is 0 Å². The Labute approximate surface area is 135 Å². The summed E-state index contributed by atoms with van der Waals surface area (Å²) in [5, 5.41) is 2.93. The first-order valence-electron chi connectivity index (χ1n) is 8.05. The van der Waals surface area contributed by atoms with Gasteiger partial charge in [-0.3, -0.25) is 4.79 Å². The molecule has 7 nitrogen and oxygen atoms in total. The fourth-order valence-electron chi connectivity index (χ4n) is 3.54. The van der Waals surface area contributed by atoms with Crippen molar-refractivity contribution in [1.29, 1.82) is 0 Å². The summed E-state index contributed by atoms with van der Waals surface area (Å²) < 4.78 is 10.4. The van der Waals surface area contributed by atoms with Gasteiger partial charge in [-0.15, -0.1) is 0 Å². The van der Waals surface area contributed by atoms with Gasteiger partial charge in [0.1, 0.15) is 11.9 Å². The number of nitrogens with one attached hydrogen (secondary N) is 1. The monoisotopic (exact) mass is 321 g/mol. The maximum atomic E-state index is 12.5. The lowest BCUT2D eigenvalue weighted by molar-refractivity contribution is 0.0403. The molecule has 2 saturated heterocycles. The van der Waals surface area contributed by atoms with E-state index >= 15 is 0 Å². The zero-order valence-electron chi connectivity index (χ0n) is 13.7. The topological polar surface area (TPSA) is 84.7 Å². The van der Waals surface area contributed by atoms with Gasteiger partial charge in [0.05, 0.1) is 6.20 Å². The van der Waals surface area contributed by atoms with Crippen molar-refractivity contribution in [3.8, 4) is 0 Å². The van der Waals surface area contributed by atoms with Gasteiger partial charge in [-0.25, -0.2) is 9.78 Å². The van der Waals surface area contributed by atoms with Gasteiger partial charge in [-0.2, -0.15) is 0 Å². The van der Waals surface area contributed by atoms with Crippen LogP contribution in [0.15, 0.2) is 16.9 Å². The molecule has 0 spiro atoms. The highest BCUT2D eigenvalue weighted by atomic mass is 16.6. The largest absolute Gasteiger partial charge is 0.444 e. The number of piperidine rings is 1. The van der Waals surface area contributed by atoms with Gasteiger partial charge in [0.15, 0.2) is 0 Å². The number of hydrogen-bond donors (Lipinski definition) is 1. The molecule has 2 amide bonds. The van der Waals surface area contributed by atoms with Crippen LogP contribution in [0.25, 0.3) is 0 Å². The summed E-state index contributed by atoms with van der Waals surface area (Å²) >= 11 is 0. The van der Waals surface area contributed by atoms with Gasteiger partial charge in [0, 0.05) is 18.1 Å². The van der Waals surface area contributed by atoms with Crippen LogP contribution < -0.4 is 5.32 Å². The minimum absolute atomic E-state index is 0.0379. The first-order chi connectivity index (χ1) is 10.8. The second-order valence-corrected chi connectivity index (χ2v) is 7.25. The number of fused-ring (bicyclic) bond motifs is 2. The van der Waals surface area contributed by atoms with E-state index in [0.717, 1.165) is 25.7 Å². The summed E-state index contributed by atoms with van der Waals surface area (Å²) in [6.07, 6.45) is 5.87. The standard InChI is InChI=1S/C16H23N3O4/c1-16(2,3)23-15(21)18-10-8-11-4-5-12(9-10)19(11)14(20)13-17-6-7-22-13/h6-7,10-12H,4-5,8-9H2,1-3H3,(H,18,21). The van der Waals surface area contributed by atoms with Crippen molar-refractivity contribution in [3.63, 3.8) is 0 Å². The van der Waals surface area contributed by atoms with Crippen molar-refractivity contribution in [2.45, 2.75) is 70.2 Å². The number of amides is 2. The zero-order valence-corrected chi connectivity index (χ0v) is 13.7. The number of oxazole rings is 1. The van der Waals surface area contributed by atoms with E-state index < -0.39 is 11.7 Å². The van der Waals surface area contributed by atoms with Gasteiger partial charge in [-0.05, 0) is 46.5 Å². The van der Waals surface area contributed by atoms with Crippen molar-refractivity contribution in [3.05, 3.63) is 18.4 Å². The number of carbonyl (C=O) groups is 2. The number of carbonyl (C=O) groups excluding carboxylic acids is 2. The van der Waals surface area contributed by atoms with Crippen LogP contribution >= 0.6 is 0 Å². The molecule has 3 rings (SSSR count). The van der Waals surface area contributed by atoms with Crippen LogP contribution in [-0.2, 0) is 4.74 Å². The minimum Gasteiger partial charge on any atom is -0.444 e. The number of hydrogen-bond acceptors (Lipinski definition) is 5. The van der Waals surface area contributed by atoms with Crippen molar-refractivity contribution < 1.29 is 18.7 Å². The molecule has 3 heterocycles. The smallest absolute Gasteiger partial charge is 0.407 e. The molecular weight excluding hydrogens is 298 g/mol. The van der Waals surface area contributed by atoms with E-state index in [1.165, 1.54) is 12.5 Å². The highest BCUT2D eigenvalue weighted by Crippen LogP contribution is 2.36. The minimum atomic E-state index is -0.509. The predicted octanol–water partition coefficient (Wildman–Crippen LogP) is 2.33. The highest BCUT2D eigenvalue weighted by molar-refractivity contribution is 5.90. The Kier molecular flexibility index (Phi) is 4.04. The second-order valence-electron chi connectivity index (χ2n) is 7.25. The molecule has 7 heteroatoms. The average Bonchev–Trinajstić information content (AvgIpc) is 3.03. The third kappa shape index (κ3) is 3.48. The van der Waals surface area contributed by atoms with Crippen molar-refractivity contribution in [2.75, 3.05) is 0 Å². The van der Waals surface area contributed by atoms with Gasteiger partial charge in [0.25, 0.3) is 5.89 Å². The normalized spacial score (nSPS) is 26.9. The van der Waals surface area contributed by atoms with E-state index in [-0.39, 0.29) is 29.9 Å². The number of nitrogens with zero attached hydrogens (tertiary/aromatic N) is 2. The Balaban J connectivity index is 1.61. The molecule has 2 unspecified atom stereocenters. The number of alkyl carbamates (subject to hydrolysis) is 1. The molecule has 1 aromatic rings. The Morgan fingerprint density at radius 1 is 1.30 bits per heavy atom. The van der Waals surface area contributed by atoms with Crippen LogP contribution in [0.4, 0.5) is 4.79 Å². The maximum Gasteiger partial charge on any atom is 0.407 e. The lowest BCUT2D eigenvalue weighted by atomic mass is 9.97. The molecule has 2 aliphatic rings. The van der Waals surface area contributed by atoms with Gasteiger partial charge in [-0.1, -0.05) is 0 Å². The quantitative estimate of drug-likeness (QED) is 0.903. The lowest BCUT2D eigenvalue weighted by Gasteiger charge is -2.38. The van der Waals surface area contributed by atoms with E-state index in [9.17, 15) is 9.59 Å². The van der Waals surface area contributed by atoms with Crippen LogP contribution in [0.3, 0.4) is 0 Å². The Morgan fingerprint density at radius 3 is 2.48 bits per heavy atom. The third-order valence-corrected chi connectivity index (χ3v) is 4.30. The summed E-state index contributed by atoms with van der Waals surface area (Å²) in [7, 11) is 0. The van der Waals surface area contributed by atoms with Crippen LogP contribution in [0.2, 0.25) is 0 Å². The Bertz CT molecular complexity index is 565. The molecule has 0 radical (unpaired) electrons. The molecular formula is C16H23N3O4. The first-order valence-corrected chi connectivity index (χ1v) is 8.05. The van der Waals surface area contributed by atoms with E-state index in [1.54, 1.807) is 0 Å². The fourth-order valence-corrected chi connectivity index (χ4v) is 3.54. The molecule has 1 aromatic heterocycles. The highest BCUT2D eigenvalue weighted by Gasteiger charge is 2.45. The summed E-state index contributed by atoms with van der Waals surface area (Å²) in [5.74, 6) is -0.0151. The third-order valence-electron chi connectivity index (χ3n) is 4.30.